The summed E-state index contributed by atoms with van der Waals surface area (Å²) in [7, 11) is 0. The van der Waals surface area contributed by atoms with Crippen molar-refractivity contribution in [1.82, 2.24) is 4.90 Å². The number of nitrogens with two attached hydrogens (primary N) is 1. The van der Waals surface area contributed by atoms with E-state index < -0.39 is 0 Å². The van der Waals surface area contributed by atoms with E-state index in [4.69, 9.17) is 5.73 Å². The zero-order chi connectivity index (χ0) is 14.5. The highest BCUT2D eigenvalue weighted by Crippen LogP contribution is 2.32. The van der Waals surface area contributed by atoms with Gasteiger partial charge in [0.2, 0.25) is 5.91 Å². The van der Waals surface area contributed by atoms with Gasteiger partial charge in [0, 0.05) is 13.0 Å². The van der Waals surface area contributed by atoms with Crippen LogP contribution in [0, 0.1) is 11.3 Å². The van der Waals surface area contributed by atoms with Gasteiger partial charge < -0.3 is 15.7 Å². The first kappa shape index (κ1) is 16.4. The lowest BCUT2D eigenvalue weighted by atomic mass is 9.76. The quantitative estimate of drug-likeness (QED) is 0.773. The van der Waals surface area contributed by atoms with Gasteiger partial charge in [-0.3, -0.25) is 4.79 Å². The summed E-state index contributed by atoms with van der Waals surface area (Å²) in [6.07, 6.45) is 4.41. The fourth-order valence-corrected chi connectivity index (χ4v) is 3.01. The maximum absolute atomic E-state index is 12.2. The molecule has 19 heavy (non-hydrogen) atoms. The molecular weight excluding hydrogens is 240 g/mol. The molecule has 0 aromatic carbocycles. The van der Waals surface area contributed by atoms with Crippen molar-refractivity contribution in [3.05, 3.63) is 0 Å². The van der Waals surface area contributed by atoms with Gasteiger partial charge in [0.05, 0.1) is 12.6 Å². The zero-order valence-electron chi connectivity index (χ0n) is 12.7. The second kappa shape index (κ2) is 7.25. The Morgan fingerprint density at radius 1 is 1.42 bits per heavy atom. The lowest BCUT2D eigenvalue weighted by Crippen LogP contribution is -2.38. The van der Waals surface area contributed by atoms with Crippen molar-refractivity contribution in [3.63, 3.8) is 0 Å². The molecule has 1 saturated heterocycles. The largest absolute Gasteiger partial charge is 0.394 e. The smallest absolute Gasteiger partial charge is 0.222 e. The highest BCUT2D eigenvalue weighted by molar-refractivity contribution is 5.76. The first-order valence-electron chi connectivity index (χ1n) is 7.50. The number of hydrogen-bond acceptors (Lipinski definition) is 3. The Kier molecular flexibility index (Phi) is 6.27. The van der Waals surface area contributed by atoms with E-state index in [-0.39, 0.29) is 24.0 Å². The summed E-state index contributed by atoms with van der Waals surface area (Å²) in [5.74, 6) is 0.680. The number of aliphatic hydroxyl groups is 1. The third kappa shape index (κ3) is 4.77. The van der Waals surface area contributed by atoms with Crippen LogP contribution >= 0.6 is 0 Å². The molecule has 0 radical (unpaired) electrons. The molecule has 1 fully saturated rings. The molecule has 1 aliphatic rings. The topological polar surface area (TPSA) is 66.6 Å². The van der Waals surface area contributed by atoms with Crippen LogP contribution in [0.15, 0.2) is 0 Å². The van der Waals surface area contributed by atoms with E-state index in [9.17, 15) is 9.90 Å². The molecule has 0 bridgehead atoms. The maximum atomic E-state index is 12.2. The number of carbonyl (C=O) groups is 1. The van der Waals surface area contributed by atoms with Gasteiger partial charge in [-0.05, 0) is 43.6 Å². The van der Waals surface area contributed by atoms with Crippen LogP contribution in [0.2, 0.25) is 0 Å². The van der Waals surface area contributed by atoms with Gasteiger partial charge in [-0.15, -0.1) is 0 Å². The van der Waals surface area contributed by atoms with Crippen molar-refractivity contribution < 1.29 is 9.90 Å². The standard InChI is InChI=1S/C15H30N2O2/c1-15(2,3)12(8-9-16)6-7-14(19)17-10-4-5-13(17)11-18/h12-13,18H,4-11,16H2,1-3H3. The Morgan fingerprint density at radius 2 is 2.11 bits per heavy atom. The van der Waals surface area contributed by atoms with Crippen LogP contribution < -0.4 is 5.73 Å². The Balaban J connectivity index is 2.47. The Morgan fingerprint density at radius 3 is 2.63 bits per heavy atom. The summed E-state index contributed by atoms with van der Waals surface area (Å²) in [6.45, 7) is 8.22. The number of rotatable bonds is 6. The van der Waals surface area contributed by atoms with E-state index in [1.54, 1.807) is 0 Å². The molecule has 112 valence electrons. The van der Waals surface area contributed by atoms with Gasteiger partial charge in [0.15, 0.2) is 0 Å². The lowest BCUT2D eigenvalue weighted by Gasteiger charge is -2.31. The van der Waals surface area contributed by atoms with Crippen LogP contribution in [-0.2, 0) is 4.79 Å². The van der Waals surface area contributed by atoms with Crippen molar-refractivity contribution in [1.29, 1.82) is 0 Å². The summed E-state index contributed by atoms with van der Waals surface area (Å²) in [5, 5.41) is 9.27. The first-order valence-corrected chi connectivity index (χ1v) is 7.50. The second-order valence-corrected chi connectivity index (χ2v) is 6.74. The first-order chi connectivity index (χ1) is 8.90. The van der Waals surface area contributed by atoms with E-state index in [2.05, 4.69) is 20.8 Å². The second-order valence-electron chi connectivity index (χ2n) is 6.74. The summed E-state index contributed by atoms with van der Waals surface area (Å²) >= 11 is 0. The van der Waals surface area contributed by atoms with Gasteiger partial charge in [-0.2, -0.15) is 0 Å². The predicted molar refractivity (Wildman–Crippen MR) is 77.7 cm³/mol. The molecule has 1 amide bonds. The molecule has 2 unspecified atom stereocenters. The summed E-state index contributed by atoms with van der Waals surface area (Å²) in [5.41, 5.74) is 5.87. The van der Waals surface area contributed by atoms with Gasteiger partial charge in [0.1, 0.15) is 0 Å². The SMILES string of the molecule is CC(C)(C)C(CCN)CCC(=O)N1CCCC1CO. The van der Waals surface area contributed by atoms with Crippen LogP contribution in [0.1, 0.15) is 52.9 Å². The highest BCUT2D eigenvalue weighted by atomic mass is 16.3. The monoisotopic (exact) mass is 270 g/mol. The van der Waals surface area contributed by atoms with E-state index >= 15 is 0 Å². The molecule has 4 nitrogen and oxygen atoms in total. The van der Waals surface area contributed by atoms with Crippen LogP contribution in [0.25, 0.3) is 0 Å². The normalized spacial score (nSPS) is 21.7. The number of aliphatic hydroxyl groups excluding tert-OH is 1. The Labute approximate surface area is 117 Å². The van der Waals surface area contributed by atoms with Crippen LogP contribution in [0.4, 0.5) is 0 Å². The number of hydrogen-bond donors (Lipinski definition) is 2. The summed E-state index contributed by atoms with van der Waals surface area (Å²) in [4.78, 5) is 14.1. The summed E-state index contributed by atoms with van der Waals surface area (Å²) in [6, 6.07) is 0.0510. The predicted octanol–water partition coefficient (Wildman–Crippen LogP) is 1.76. The van der Waals surface area contributed by atoms with Crippen LogP contribution in [0.5, 0.6) is 0 Å². The van der Waals surface area contributed by atoms with E-state index in [1.807, 2.05) is 4.90 Å². The molecule has 0 saturated carbocycles. The Bertz CT molecular complexity index is 286. The maximum Gasteiger partial charge on any atom is 0.222 e. The van der Waals surface area contributed by atoms with Crippen molar-refractivity contribution >= 4 is 5.91 Å². The number of amides is 1. The van der Waals surface area contributed by atoms with Gasteiger partial charge >= 0.3 is 0 Å². The number of carbonyl (C=O) groups excluding carboxylic acids is 1. The molecule has 0 aromatic rings. The third-order valence-corrected chi connectivity index (χ3v) is 4.35. The minimum atomic E-state index is 0.0510. The lowest BCUT2D eigenvalue weighted by molar-refractivity contribution is -0.133. The molecule has 0 aliphatic carbocycles. The molecule has 2 atom stereocenters. The molecular formula is C15H30N2O2. The Hall–Kier alpha value is -0.610. The molecule has 4 heteroatoms. The average Bonchev–Trinajstić information content (AvgIpc) is 2.80. The highest BCUT2D eigenvalue weighted by Gasteiger charge is 2.30. The molecule has 1 heterocycles. The van der Waals surface area contributed by atoms with Crippen LogP contribution in [-0.4, -0.2) is 41.7 Å². The van der Waals surface area contributed by atoms with Crippen molar-refractivity contribution in [2.24, 2.45) is 17.1 Å². The average molecular weight is 270 g/mol. The minimum Gasteiger partial charge on any atom is -0.394 e. The van der Waals surface area contributed by atoms with Crippen LogP contribution in [0.3, 0.4) is 0 Å². The zero-order valence-corrected chi connectivity index (χ0v) is 12.7. The van der Waals surface area contributed by atoms with Gasteiger partial charge in [-0.1, -0.05) is 20.8 Å². The number of nitrogens with zero attached hydrogens (tertiary/aromatic N) is 1. The number of likely N-dealkylation sites (tertiary alicyclic amines) is 1. The third-order valence-electron chi connectivity index (χ3n) is 4.35. The van der Waals surface area contributed by atoms with E-state index in [1.165, 1.54) is 0 Å². The molecule has 0 spiro atoms. The molecule has 3 N–H and O–H groups in total. The fraction of sp³-hybridized carbons (Fsp3) is 0.933. The molecule has 0 aromatic heterocycles. The van der Waals surface area contributed by atoms with Gasteiger partial charge in [-0.25, -0.2) is 0 Å². The van der Waals surface area contributed by atoms with Crippen molar-refractivity contribution in [2.75, 3.05) is 19.7 Å². The van der Waals surface area contributed by atoms with Crippen molar-refractivity contribution in [2.45, 2.75) is 58.9 Å². The fourth-order valence-electron chi connectivity index (χ4n) is 3.01. The molecule has 1 rings (SSSR count). The van der Waals surface area contributed by atoms with Crippen molar-refractivity contribution in [3.8, 4) is 0 Å². The van der Waals surface area contributed by atoms with E-state index in [0.29, 0.717) is 18.9 Å². The molecule has 1 aliphatic heterocycles. The van der Waals surface area contributed by atoms with E-state index in [0.717, 1.165) is 32.2 Å². The minimum absolute atomic E-state index is 0.0510. The summed E-state index contributed by atoms with van der Waals surface area (Å²) < 4.78 is 0. The van der Waals surface area contributed by atoms with Gasteiger partial charge in [0.25, 0.3) is 0 Å².